The van der Waals surface area contributed by atoms with E-state index in [1.165, 1.54) is 0 Å². The third kappa shape index (κ3) is 6.53. The van der Waals surface area contributed by atoms with Crippen LogP contribution in [0.15, 0.2) is 53.0 Å². The molecule has 2 aromatic carbocycles. The van der Waals surface area contributed by atoms with Crippen LogP contribution in [0.4, 0.5) is 5.69 Å². The van der Waals surface area contributed by atoms with E-state index in [1.54, 1.807) is 24.3 Å². The van der Waals surface area contributed by atoms with E-state index in [2.05, 4.69) is 35.1 Å². The number of nitrogens with zero attached hydrogens (tertiary/aromatic N) is 1. The van der Waals surface area contributed by atoms with Crippen LogP contribution in [-0.4, -0.2) is 40.3 Å². The van der Waals surface area contributed by atoms with Crippen molar-refractivity contribution in [3.05, 3.63) is 58.6 Å². The maximum absolute atomic E-state index is 12.2. The Hall–Kier alpha value is -2.06. The fourth-order valence-electron chi connectivity index (χ4n) is 2.63. The minimum absolute atomic E-state index is 0.281. The summed E-state index contributed by atoms with van der Waals surface area (Å²) in [6.07, 6.45) is 1.08. The first-order chi connectivity index (χ1) is 13.2. The number of rotatable bonds is 9. The fraction of sp³-hybridized carbons (Fsp3) is 0.350. The van der Waals surface area contributed by atoms with Crippen LogP contribution in [0, 0.1) is 0 Å². The number of benzene rings is 2. The molecule has 8 heteroatoms. The van der Waals surface area contributed by atoms with Crippen LogP contribution in [-0.2, 0) is 14.8 Å². The third-order valence-electron chi connectivity index (χ3n) is 4.02. The lowest BCUT2D eigenvalue weighted by Gasteiger charge is -2.22. The molecule has 0 spiro atoms. The highest BCUT2D eigenvalue weighted by Gasteiger charge is 2.20. The summed E-state index contributed by atoms with van der Waals surface area (Å²) >= 11 is 3.31. The van der Waals surface area contributed by atoms with Crippen molar-refractivity contribution >= 4 is 37.5 Å². The van der Waals surface area contributed by atoms with Gasteiger partial charge in [-0.2, -0.15) is 0 Å². The summed E-state index contributed by atoms with van der Waals surface area (Å²) < 4.78 is 31.8. The number of carbonyl (C=O) groups is 1. The average Bonchev–Trinajstić information content (AvgIpc) is 2.63. The van der Waals surface area contributed by atoms with Gasteiger partial charge in [-0.25, -0.2) is 8.42 Å². The molecule has 1 N–H and O–H groups in total. The molecule has 152 valence electrons. The van der Waals surface area contributed by atoms with Gasteiger partial charge in [0.2, 0.25) is 15.9 Å². The summed E-state index contributed by atoms with van der Waals surface area (Å²) in [5.41, 5.74) is 1.54. The van der Waals surface area contributed by atoms with Crippen molar-refractivity contribution in [1.29, 1.82) is 0 Å². The van der Waals surface area contributed by atoms with E-state index >= 15 is 0 Å². The van der Waals surface area contributed by atoms with E-state index in [4.69, 9.17) is 4.74 Å². The van der Waals surface area contributed by atoms with Gasteiger partial charge in [-0.05, 0) is 41.8 Å². The zero-order valence-corrected chi connectivity index (χ0v) is 18.6. The first-order valence-corrected chi connectivity index (χ1v) is 11.5. The monoisotopic (exact) mass is 468 g/mol. The number of sulfonamides is 1. The van der Waals surface area contributed by atoms with Crippen LogP contribution in [0.5, 0.6) is 5.75 Å². The average molecular weight is 469 g/mol. The summed E-state index contributed by atoms with van der Waals surface area (Å²) in [5.74, 6) is 0.730. The Morgan fingerprint density at radius 3 is 2.39 bits per heavy atom. The highest BCUT2D eigenvalue weighted by Crippen LogP contribution is 2.25. The second-order valence-corrected chi connectivity index (χ2v) is 9.46. The van der Waals surface area contributed by atoms with Gasteiger partial charge in [-0.15, -0.1) is 0 Å². The lowest BCUT2D eigenvalue weighted by Crippen LogP contribution is -2.41. The van der Waals surface area contributed by atoms with Crippen molar-refractivity contribution in [2.45, 2.75) is 19.8 Å². The molecule has 0 radical (unpaired) electrons. The summed E-state index contributed by atoms with van der Waals surface area (Å²) in [4.78, 5) is 12.2. The van der Waals surface area contributed by atoms with Gasteiger partial charge in [0.15, 0.2) is 0 Å². The molecular weight excluding hydrogens is 444 g/mol. The van der Waals surface area contributed by atoms with Crippen molar-refractivity contribution in [2.75, 3.05) is 30.3 Å². The summed E-state index contributed by atoms with van der Waals surface area (Å²) in [6.45, 7) is 4.47. The van der Waals surface area contributed by atoms with Crippen molar-refractivity contribution < 1.29 is 17.9 Å². The molecule has 0 aliphatic rings. The van der Waals surface area contributed by atoms with Gasteiger partial charge in [-0.3, -0.25) is 9.10 Å². The molecule has 0 fully saturated rings. The molecule has 0 saturated carbocycles. The van der Waals surface area contributed by atoms with Crippen LogP contribution in [0.25, 0.3) is 0 Å². The van der Waals surface area contributed by atoms with Crippen molar-refractivity contribution in [3.8, 4) is 5.75 Å². The molecule has 6 nitrogen and oxygen atoms in total. The van der Waals surface area contributed by atoms with Crippen LogP contribution in [0.2, 0.25) is 0 Å². The molecule has 0 aliphatic carbocycles. The van der Waals surface area contributed by atoms with Gasteiger partial charge >= 0.3 is 0 Å². The molecule has 0 unspecified atom stereocenters. The Bertz CT molecular complexity index is 899. The lowest BCUT2D eigenvalue weighted by molar-refractivity contribution is -0.119. The molecule has 28 heavy (non-hydrogen) atoms. The summed E-state index contributed by atoms with van der Waals surface area (Å²) in [6, 6.07) is 14.5. The maximum Gasteiger partial charge on any atom is 0.240 e. The first kappa shape index (κ1) is 22.2. The Morgan fingerprint density at radius 2 is 1.79 bits per heavy atom. The second kappa shape index (κ2) is 9.93. The number of para-hydroxylation sites is 1. The molecular formula is C20H25BrN2O4S. The van der Waals surface area contributed by atoms with Crippen molar-refractivity contribution in [3.63, 3.8) is 0 Å². The minimum atomic E-state index is -3.59. The number of amides is 1. The van der Waals surface area contributed by atoms with Crippen LogP contribution >= 0.6 is 15.9 Å². The van der Waals surface area contributed by atoms with Crippen molar-refractivity contribution in [1.82, 2.24) is 5.32 Å². The predicted molar refractivity (Wildman–Crippen MR) is 115 cm³/mol. The lowest BCUT2D eigenvalue weighted by atomic mass is 10.0. The highest BCUT2D eigenvalue weighted by atomic mass is 79.9. The van der Waals surface area contributed by atoms with Crippen LogP contribution in [0.1, 0.15) is 25.3 Å². The van der Waals surface area contributed by atoms with Gasteiger partial charge in [0.25, 0.3) is 0 Å². The van der Waals surface area contributed by atoms with Gasteiger partial charge < -0.3 is 10.1 Å². The first-order valence-electron chi connectivity index (χ1n) is 8.90. The summed E-state index contributed by atoms with van der Waals surface area (Å²) in [7, 11) is -3.59. The van der Waals surface area contributed by atoms with E-state index in [9.17, 15) is 13.2 Å². The quantitative estimate of drug-likeness (QED) is 0.571. The zero-order valence-electron chi connectivity index (χ0n) is 16.2. The molecule has 0 atom stereocenters. The Labute approximate surface area is 175 Å². The van der Waals surface area contributed by atoms with Crippen LogP contribution in [0.3, 0.4) is 0 Å². The van der Waals surface area contributed by atoms with E-state index in [-0.39, 0.29) is 13.1 Å². The largest absolute Gasteiger partial charge is 0.491 e. The summed E-state index contributed by atoms with van der Waals surface area (Å²) in [5, 5.41) is 2.71. The fourth-order valence-corrected chi connectivity index (χ4v) is 3.75. The van der Waals surface area contributed by atoms with E-state index in [0.717, 1.165) is 26.3 Å². The molecule has 2 rings (SSSR count). The molecule has 0 aliphatic heterocycles. The second-order valence-electron chi connectivity index (χ2n) is 6.64. The van der Waals surface area contributed by atoms with Gasteiger partial charge in [0.05, 0.1) is 18.5 Å². The van der Waals surface area contributed by atoms with Crippen molar-refractivity contribution in [2.24, 2.45) is 0 Å². The third-order valence-corrected chi connectivity index (χ3v) is 5.69. The number of halogens is 1. The molecule has 0 bridgehead atoms. The molecule has 0 aromatic heterocycles. The SMILES string of the molecule is CC(C)c1ccccc1OCCNC(=O)CN(c1ccc(Br)cc1)S(C)(=O)=O. The number of nitrogens with one attached hydrogen (secondary N) is 1. The highest BCUT2D eigenvalue weighted by molar-refractivity contribution is 9.10. The number of ether oxygens (including phenoxy) is 1. The Morgan fingerprint density at radius 1 is 1.14 bits per heavy atom. The standard InChI is InChI=1S/C20H25BrN2O4S/c1-15(2)18-6-4-5-7-19(18)27-13-12-22-20(24)14-23(28(3,25)26)17-10-8-16(21)9-11-17/h4-11,15H,12-14H2,1-3H3,(H,22,24). The number of hydrogen-bond acceptors (Lipinski definition) is 4. The van der Waals surface area contributed by atoms with E-state index < -0.39 is 15.9 Å². The zero-order chi connectivity index (χ0) is 20.7. The minimum Gasteiger partial charge on any atom is -0.491 e. The molecule has 0 heterocycles. The Kier molecular flexibility index (Phi) is 7.88. The molecule has 0 saturated heterocycles. The number of anilines is 1. The normalized spacial score (nSPS) is 11.3. The molecule has 2 aromatic rings. The number of carbonyl (C=O) groups excluding carboxylic acids is 1. The molecule has 1 amide bonds. The van der Waals surface area contributed by atoms with E-state index in [0.29, 0.717) is 18.2 Å². The van der Waals surface area contributed by atoms with Gasteiger partial charge in [0.1, 0.15) is 18.9 Å². The van der Waals surface area contributed by atoms with Gasteiger partial charge in [0, 0.05) is 4.47 Å². The van der Waals surface area contributed by atoms with Gasteiger partial charge in [-0.1, -0.05) is 48.0 Å². The Balaban J connectivity index is 1.91. The number of hydrogen-bond donors (Lipinski definition) is 1. The van der Waals surface area contributed by atoms with E-state index in [1.807, 2.05) is 24.3 Å². The predicted octanol–water partition coefficient (Wildman–Crippen LogP) is 3.53. The smallest absolute Gasteiger partial charge is 0.240 e. The van der Waals surface area contributed by atoms with Crippen LogP contribution < -0.4 is 14.4 Å². The maximum atomic E-state index is 12.2. The topological polar surface area (TPSA) is 75.7 Å².